The summed E-state index contributed by atoms with van der Waals surface area (Å²) in [7, 11) is 0. The summed E-state index contributed by atoms with van der Waals surface area (Å²) in [5, 5.41) is 9.77. The average Bonchev–Trinajstić information content (AvgIpc) is 3.12. The Balaban J connectivity index is 1.63. The number of fused-ring (bicyclic) bond motifs is 1. The molecule has 0 unspecified atom stereocenters. The van der Waals surface area contributed by atoms with Crippen molar-refractivity contribution in [1.29, 1.82) is 5.26 Å². The molecule has 0 amide bonds. The van der Waals surface area contributed by atoms with Gasteiger partial charge in [0, 0.05) is 23.5 Å². The second-order valence-electron chi connectivity index (χ2n) is 6.89. The third-order valence-electron chi connectivity index (χ3n) is 4.96. The van der Waals surface area contributed by atoms with Gasteiger partial charge in [-0.2, -0.15) is 5.26 Å². The molecule has 1 aromatic heterocycles. The number of aromatic nitrogens is 1. The van der Waals surface area contributed by atoms with Gasteiger partial charge in [-0.05, 0) is 50.1 Å². The van der Waals surface area contributed by atoms with Crippen molar-refractivity contribution in [3.05, 3.63) is 95.2 Å². The Hall–Kier alpha value is -3.58. The molecule has 28 heavy (non-hydrogen) atoms. The van der Waals surface area contributed by atoms with Crippen molar-refractivity contribution >= 4 is 16.7 Å². The van der Waals surface area contributed by atoms with E-state index in [0.717, 1.165) is 35.4 Å². The fourth-order valence-corrected chi connectivity index (χ4v) is 3.52. The molecule has 4 rings (SSSR count). The van der Waals surface area contributed by atoms with Crippen LogP contribution in [0.1, 0.15) is 25.3 Å². The molecule has 2 aromatic carbocycles. The van der Waals surface area contributed by atoms with Crippen molar-refractivity contribution in [2.45, 2.75) is 20.3 Å². The predicted molar refractivity (Wildman–Crippen MR) is 111 cm³/mol. The third-order valence-corrected chi connectivity index (χ3v) is 4.96. The summed E-state index contributed by atoms with van der Waals surface area (Å²) in [6.07, 6.45) is 5.03. The van der Waals surface area contributed by atoms with E-state index in [9.17, 15) is 5.26 Å². The Morgan fingerprint density at radius 2 is 1.68 bits per heavy atom. The van der Waals surface area contributed by atoms with Gasteiger partial charge in [0.15, 0.2) is 5.58 Å². The lowest BCUT2D eigenvalue weighted by molar-refractivity contribution is 0.427. The fourth-order valence-electron chi connectivity index (χ4n) is 3.52. The highest BCUT2D eigenvalue weighted by Gasteiger charge is 2.19. The summed E-state index contributed by atoms with van der Waals surface area (Å²) in [5.74, 6) is 0.365. The molecule has 0 spiro atoms. The van der Waals surface area contributed by atoms with Crippen LogP contribution in [0.5, 0.6) is 0 Å². The molecule has 1 aliphatic rings. The van der Waals surface area contributed by atoms with Gasteiger partial charge in [0.1, 0.15) is 17.2 Å². The van der Waals surface area contributed by atoms with Gasteiger partial charge in [0.2, 0.25) is 5.89 Å². The molecule has 0 atom stereocenters. The minimum absolute atomic E-state index is 0.365. The van der Waals surface area contributed by atoms with Gasteiger partial charge < -0.3 is 9.32 Å². The Kier molecular flexibility index (Phi) is 4.82. The minimum atomic E-state index is 0.365. The van der Waals surface area contributed by atoms with Crippen molar-refractivity contribution < 1.29 is 4.42 Å². The first-order valence-corrected chi connectivity index (χ1v) is 9.34. The van der Waals surface area contributed by atoms with Crippen LogP contribution in [0.4, 0.5) is 0 Å². The highest BCUT2D eigenvalue weighted by atomic mass is 16.3. The van der Waals surface area contributed by atoms with Gasteiger partial charge in [-0.1, -0.05) is 42.5 Å². The first-order chi connectivity index (χ1) is 13.7. The lowest BCUT2D eigenvalue weighted by Gasteiger charge is -2.30. The van der Waals surface area contributed by atoms with E-state index in [0.29, 0.717) is 17.0 Å². The van der Waals surface area contributed by atoms with Crippen molar-refractivity contribution in [3.8, 4) is 6.07 Å². The van der Waals surface area contributed by atoms with Gasteiger partial charge in [0.25, 0.3) is 0 Å². The number of allylic oxidation sites excluding steroid dienone is 6. The van der Waals surface area contributed by atoms with E-state index in [4.69, 9.17) is 4.42 Å². The molecule has 0 saturated carbocycles. The molecule has 2 heterocycles. The standard InChI is InChI=1S/C24H21N3O/c1-17-14-20(15-18(2)27(17)13-12-19-8-4-3-5-9-19)21(16-25)24-26-22-10-6-7-11-23(22)28-24/h3-11,14-15H,12-13H2,1-2H3. The third kappa shape index (κ3) is 3.47. The maximum absolute atomic E-state index is 9.77. The number of rotatable bonds is 4. The number of benzene rings is 2. The molecule has 3 aromatic rings. The number of hydrogen-bond acceptors (Lipinski definition) is 4. The van der Waals surface area contributed by atoms with E-state index in [-0.39, 0.29) is 0 Å². The largest absolute Gasteiger partial charge is 0.435 e. The number of nitrogens with zero attached hydrogens (tertiary/aromatic N) is 3. The van der Waals surface area contributed by atoms with Crippen LogP contribution in [0.15, 0.2) is 88.1 Å². The Labute approximate surface area is 164 Å². The first kappa shape index (κ1) is 17.8. The first-order valence-electron chi connectivity index (χ1n) is 9.34. The fraction of sp³-hybridized carbons (Fsp3) is 0.167. The molecule has 0 radical (unpaired) electrons. The van der Waals surface area contributed by atoms with Crippen LogP contribution in [-0.2, 0) is 6.42 Å². The van der Waals surface area contributed by atoms with Gasteiger partial charge in [-0.15, -0.1) is 0 Å². The number of nitriles is 1. The molecule has 4 nitrogen and oxygen atoms in total. The van der Waals surface area contributed by atoms with Gasteiger partial charge in [-0.3, -0.25) is 0 Å². The topological polar surface area (TPSA) is 53.1 Å². The predicted octanol–water partition coefficient (Wildman–Crippen LogP) is 5.47. The van der Waals surface area contributed by atoms with Gasteiger partial charge in [-0.25, -0.2) is 4.98 Å². The summed E-state index contributed by atoms with van der Waals surface area (Å²) >= 11 is 0. The molecule has 0 fully saturated rings. The lowest BCUT2D eigenvalue weighted by Crippen LogP contribution is -2.24. The van der Waals surface area contributed by atoms with E-state index < -0.39 is 0 Å². The van der Waals surface area contributed by atoms with Crippen molar-refractivity contribution in [3.63, 3.8) is 0 Å². The van der Waals surface area contributed by atoms with Crippen LogP contribution in [0.3, 0.4) is 0 Å². The van der Waals surface area contributed by atoms with E-state index in [1.807, 2.05) is 42.5 Å². The minimum Gasteiger partial charge on any atom is -0.435 e. The van der Waals surface area contributed by atoms with Crippen molar-refractivity contribution in [2.75, 3.05) is 6.54 Å². The van der Waals surface area contributed by atoms with Crippen LogP contribution in [0, 0.1) is 11.3 Å². The van der Waals surface area contributed by atoms with Gasteiger partial charge >= 0.3 is 0 Å². The molecule has 0 bridgehead atoms. The van der Waals surface area contributed by atoms with E-state index in [1.165, 1.54) is 5.56 Å². The molecule has 4 heteroatoms. The maximum Gasteiger partial charge on any atom is 0.238 e. The number of oxazole rings is 1. The smallest absolute Gasteiger partial charge is 0.238 e. The zero-order chi connectivity index (χ0) is 19.5. The van der Waals surface area contributed by atoms with Crippen LogP contribution >= 0.6 is 0 Å². The van der Waals surface area contributed by atoms with E-state index >= 15 is 0 Å². The average molecular weight is 367 g/mol. The number of para-hydroxylation sites is 2. The van der Waals surface area contributed by atoms with Crippen LogP contribution < -0.4 is 0 Å². The van der Waals surface area contributed by atoms with Crippen LogP contribution in [0.2, 0.25) is 0 Å². The van der Waals surface area contributed by atoms with Crippen molar-refractivity contribution in [2.24, 2.45) is 0 Å². The summed E-state index contributed by atoms with van der Waals surface area (Å²) in [5.41, 5.74) is 6.26. The summed E-state index contributed by atoms with van der Waals surface area (Å²) in [4.78, 5) is 6.76. The highest BCUT2D eigenvalue weighted by molar-refractivity contribution is 5.83. The summed E-state index contributed by atoms with van der Waals surface area (Å²) in [6.45, 7) is 5.04. The molecule has 0 saturated heterocycles. The maximum atomic E-state index is 9.77. The van der Waals surface area contributed by atoms with E-state index in [2.05, 4.69) is 54.1 Å². The zero-order valence-corrected chi connectivity index (χ0v) is 16.0. The molecule has 1 aliphatic heterocycles. The zero-order valence-electron chi connectivity index (χ0n) is 16.0. The number of hydrogen-bond donors (Lipinski definition) is 0. The SMILES string of the molecule is CC1=CC(=C(C#N)c2nc3ccccc3o2)C=C(C)N1CCc1ccccc1. The van der Waals surface area contributed by atoms with Gasteiger partial charge in [0.05, 0.1) is 0 Å². The van der Waals surface area contributed by atoms with E-state index in [1.54, 1.807) is 0 Å². The van der Waals surface area contributed by atoms with Crippen molar-refractivity contribution in [1.82, 2.24) is 9.88 Å². The van der Waals surface area contributed by atoms with Crippen LogP contribution in [-0.4, -0.2) is 16.4 Å². The molecular weight excluding hydrogens is 346 g/mol. The second kappa shape index (κ2) is 7.58. The Morgan fingerprint density at radius 3 is 2.36 bits per heavy atom. The normalized spacial score (nSPS) is 13.9. The lowest BCUT2D eigenvalue weighted by atomic mass is 10.0. The highest BCUT2D eigenvalue weighted by Crippen LogP contribution is 2.29. The Bertz CT molecular complexity index is 1090. The summed E-state index contributed by atoms with van der Waals surface area (Å²) in [6, 6.07) is 20.3. The quantitative estimate of drug-likeness (QED) is 0.574. The monoisotopic (exact) mass is 367 g/mol. The Morgan fingerprint density at radius 1 is 1.00 bits per heavy atom. The summed E-state index contributed by atoms with van der Waals surface area (Å²) < 4.78 is 5.81. The molecule has 138 valence electrons. The molecule has 0 aliphatic carbocycles. The molecule has 0 N–H and O–H groups in total. The van der Waals surface area contributed by atoms with Crippen LogP contribution in [0.25, 0.3) is 16.7 Å². The second-order valence-corrected chi connectivity index (χ2v) is 6.89. The molecular formula is C24H21N3O.